The summed E-state index contributed by atoms with van der Waals surface area (Å²) in [6.07, 6.45) is 0.249. The third kappa shape index (κ3) is 1.70. The van der Waals surface area contributed by atoms with Crippen molar-refractivity contribution in [2.75, 3.05) is 13.2 Å². The Morgan fingerprint density at radius 2 is 1.40 bits per heavy atom. The first-order valence-corrected chi connectivity index (χ1v) is 4.78. The summed E-state index contributed by atoms with van der Waals surface area (Å²) >= 11 is 0. The van der Waals surface area contributed by atoms with Gasteiger partial charge >= 0.3 is 11.9 Å². The number of carboxylic acid groups (broad SMARTS) is 2. The molecule has 1 aliphatic heterocycles. The maximum absolute atomic E-state index is 10.9. The van der Waals surface area contributed by atoms with E-state index in [-0.39, 0.29) is 12.8 Å². The van der Waals surface area contributed by atoms with Crippen molar-refractivity contribution in [1.29, 1.82) is 0 Å². The summed E-state index contributed by atoms with van der Waals surface area (Å²) in [7, 11) is 0. The van der Waals surface area contributed by atoms with Crippen LogP contribution in [0.5, 0.6) is 0 Å². The van der Waals surface area contributed by atoms with Gasteiger partial charge in [0.05, 0.1) is 25.0 Å². The standard InChI is InChI=1S/C9H12O6/c10-7(11)5-3-9(14-1-2-15-9)4-6(5)8(12)13/h5-6H,1-4H2,(H,10,11)(H,12,13). The first-order valence-electron chi connectivity index (χ1n) is 4.78. The lowest BCUT2D eigenvalue weighted by Gasteiger charge is -2.20. The van der Waals surface area contributed by atoms with Crippen LogP contribution in [0, 0.1) is 11.8 Å². The van der Waals surface area contributed by atoms with Crippen LogP contribution in [0.1, 0.15) is 12.8 Å². The number of hydrogen-bond acceptors (Lipinski definition) is 4. The molecule has 1 saturated carbocycles. The van der Waals surface area contributed by atoms with Crippen molar-refractivity contribution in [1.82, 2.24) is 0 Å². The summed E-state index contributed by atoms with van der Waals surface area (Å²) in [5.74, 6) is -5.00. The zero-order valence-electron chi connectivity index (χ0n) is 8.01. The number of ether oxygens (including phenoxy) is 2. The molecule has 2 atom stereocenters. The number of carbonyl (C=O) groups is 2. The van der Waals surface area contributed by atoms with Crippen LogP contribution in [-0.2, 0) is 19.1 Å². The van der Waals surface area contributed by atoms with Crippen LogP contribution in [-0.4, -0.2) is 41.2 Å². The molecule has 2 aliphatic rings. The summed E-state index contributed by atoms with van der Waals surface area (Å²) in [5.41, 5.74) is 0. The molecule has 6 heteroatoms. The van der Waals surface area contributed by atoms with E-state index in [1.54, 1.807) is 0 Å². The van der Waals surface area contributed by atoms with Gasteiger partial charge in [0.15, 0.2) is 5.79 Å². The van der Waals surface area contributed by atoms with Crippen molar-refractivity contribution in [3.05, 3.63) is 0 Å². The highest BCUT2D eigenvalue weighted by atomic mass is 16.7. The fourth-order valence-electron chi connectivity index (χ4n) is 2.29. The third-order valence-corrected chi connectivity index (χ3v) is 3.00. The molecular formula is C9H12O6. The van der Waals surface area contributed by atoms with Crippen LogP contribution >= 0.6 is 0 Å². The van der Waals surface area contributed by atoms with Crippen molar-refractivity contribution in [3.8, 4) is 0 Å². The van der Waals surface area contributed by atoms with Gasteiger partial charge in [0.25, 0.3) is 0 Å². The normalized spacial score (nSPS) is 33.3. The molecule has 0 aromatic heterocycles. The van der Waals surface area contributed by atoms with Crippen LogP contribution in [0.2, 0.25) is 0 Å². The second-order valence-corrected chi connectivity index (χ2v) is 3.91. The molecule has 0 radical (unpaired) electrons. The van der Waals surface area contributed by atoms with E-state index in [4.69, 9.17) is 19.7 Å². The van der Waals surface area contributed by atoms with Crippen molar-refractivity contribution < 1.29 is 29.3 Å². The maximum Gasteiger partial charge on any atom is 0.307 e. The fraction of sp³-hybridized carbons (Fsp3) is 0.778. The van der Waals surface area contributed by atoms with E-state index in [2.05, 4.69) is 0 Å². The quantitative estimate of drug-likeness (QED) is 0.670. The minimum Gasteiger partial charge on any atom is -0.481 e. The van der Waals surface area contributed by atoms with Crippen LogP contribution in [0.3, 0.4) is 0 Å². The monoisotopic (exact) mass is 216 g/mol. The van der Waals surface area contributed by atoms with E-state index >= 15 is 0 Å². The summed E-state index contributed by atoms with van der Waals surface area (Å²) < 4.78 is 10.6. The lowest BCUT2D eigenvalue weighted by Crippen LogP contribution is -2.27. The number of carboxylic acids is 2. The van der Waals surface area contributed by atoms with Gasteiger partial charge in [-0.25, -0.2) is 0 Å². The molecule has 84 valence electrons. The minimum absolute atomic E-state index is 0.124. The smallest absolute Gasteiger partial charge is 0.307 e. The predicted molar refractivity (Wildman–Crippen MR) is 46.1 cm³/mol. The van der Waals surface area contributed by atoms with Crippen molar-refractivity contribution in [2.45, 2.75) is 18.6 Å². The summed E-state index contributed by atoms with van der Waals surface area (Å²) in [5, 5.41) is 17.8. The van der Waals surface area contributed by atoms with E-state index in [1.165, 1.54) is 0 Å². The van der Waals surface area contributed by atoms with Crippen molar-refractivity contribution in [2.24, 2.45) is 11.8 Å². The number of hydrogen-bond donors (Lipinski definition) is 2. The van der Waals surface area contributed by atoms with Crippen molar-refractivity contribution in [3.63, 3.8) is 0 Å². The molecule has 1 spiro atoms. The molecule has 2 rings (SSSR count). The second kappa shape index (κ2) is 3.46. The molecule has 0 bridgehead atoms. The highest BCUT2D eigenvalue weighted by Gasteiger charge is 2.54. The molecule has 1 heterocycles. The third-order valence-electron chi connectivity index (χ3n) is 3.00. The van der Waals surface area contributed by atoms with E-state index in [0.717, 1.165) is 0 Å². The Bertz CT molecular complexity index is 269. The van der Waals surface area contributed by atoms with E-state index < -0.39 is 29.6 Å². The Kier molecular flexibility index (Phi) is 2.40. The maximum atomic E-state index is 10.9. The highest BCUT2D eigenvalue weighted by Crippen LogP contribution is 2.44. The molecule has 2 N–H and O–H groups in total. The molecule has 1 aliphatic carbocycles. The van der Waals surface area contributed by atoms with E-state index in [9.17, 15) is 9.59 Å². The molecule has 2 fully saturated rings. The van der Waals surface area contributed by atoms with Gasteiger partial charge in [-0.15, -0.1) is 0 Å². The van der Waals surface area contributed by atoms with Gasteiger partial charge in [0, 0.05) is 12.8 Å². The Hall–Kier alpha value is -1.14. The Balaban J connectivity index is 2.18. The average Bonchev–Trinajstić information content (AvgIpc) is 2.74. The zero-order valence-corrected chi connectivity index (χ0v) is 8.01. The van der Waals surface area contributed by atoms with Gasteiger partial charge in [-0.2, -0.15) is 0 Å². The van der Waals surface area contributed by atoms with Gasteiger partial charge in [-0.1, -0.05) is 0 Å². The molecule has 6 nitrogen and oxygen atoms in total. The molecule has 0 aromatic rings. The number of aliphatic carboxylic acids is 2. The van der Waals surface area contributed by atoms with Gasteiger partial charge in [0.1, 0.15) is 0 Å². The fourth-order valence-corrected chi connectivity index (χ4v) is 2.29. The molecule has 1 saturated heterocycles. The Morgan fingerprint density at radius 3 is 1.73 bits per heavy atom. The molecule has 15 heavy (non-hydrogen) atoms. The van der Waals surface area contributed by atoms with Gasteiger partial charge < -0.3 is 19.7 Å². The average molecular weight is 216 g/mol. The zero-order chi connectivity index (χ0) is 11.1. The summed E-state index contributed by atoms with van der Waals surface area (Å²) in [6.45, 7) is 0.803. The Morgan fingerprint density at radius 1 is 1.00 bits per heavy atom. The largest absolute Gasteiger partial charge is 0.481 e. The summed E-state index contributed by atoms with van der Waals surface area (Å²) in [4.78, 5) is 21.8. The van der Waals surface area contributed by atoms with Crippen LogP contribution in [0.4, 0.5) is 0 Å². The lowest BCUT2D eigenvalue weighted by molar-refractivity contribution is -0.161. The SMILES string of the molecule is O=C(O)C1CC2(CC1C(=O)O)OCCO2. The molecular weight excluding hydrogens is 204 g/mol. The van der Waals surface area contributed by atoms with Gasteiger partial charge in [-0.3, -0.25) is 9.59 Å². The van der Waals surface area contributed by atoms with E-state index in [0.29, 0.717) is 13.2 Å². The topological polar surface area (TPSA) is 93.1 Å². The molecule has 2 unspecified atom stereocenters. The number of rotatable bonds is 2. The summed E-state index contributed by atoms with van der Waals surface area (Å²) in [6, 6.07) is 0. The molecule has 0 aromatic carbocycles. The minimum atomic E-state index is -1.10. The van der Waals surface area contributed by atoms with Crippen LogP contribution < -0.4 is 0 Å². The van der Waals surface area contributed by atoms with Crippen LogP contribution in [0.15, 0.2) is 0 Å². The highest BCUT2D eigenvalue weighted by molar-refractivity contribution is 5.81. The second-order valence-electron chi connectivity index (χ2n) is 3.91. The first-order chi connectivity index (χ1) is 7.04. The lowest BCUT2D eigenvalue weighted by atomic mass is 9.97. The Labute approximate surface area is 85.8 Å². The van der Waals surface area contributed by atoms with Crippen LogP contribution in [0.25, 0.3) is 0 Å². The molecule has 0 amide bonds. The van der Waals surface area contributed by atoms with Gasteiger partial charge in [0.2, 0.25) is 0 Å². The van der Waals surface area contributed by atoms with Gasteiger partial charge in [-0.05, 0) is 0 Å². The predicted octanol–water partition coefficient (Wildman–Crippen LogP) is -0.0751. The first kappa shape index (κ1) is 10.4. The van der Waals surface area contributed by atoms with Crippen molar-refractivity contribution >= 4 is 11.9 Å². The van der Waals surface area contributed by atoms with E-state index in [1.807, 2.05) is 0 Å².